The second-order valence-electron chi connectivity index (χ2n) is 5.74. The van der Waals surface area contributed by atoms with Crippen LogP contribution in [0.5, 0.6) is 0 Å². The van der Waals surface area contributed by atoms with Crippen molar-refractivity contribution in [3.05, 3.63) is 35.9 Å². The summed E-state index contributed by atoms with van der Waals surface area (Å²) in [4.78, 5) is 0. The van der Waals surface area contributed by atoms with Crippen molar-refractivity contribution in [3.63, 3.8) is 0 Å². The van der Waals surface area contributed by atoms with Gasteiger partial charge in [-0.05, 0) is 5.56 Å². The van der Waals surface area contributed by atoms with E-state index in [9.17, 15) is 0 Å². The van der Waals surface area contributed by atoms with E-state index in [2.05, 4.69) is 79.0 Å². The molecule has 0 aromatic heterocycles. The van der Waals surface area contributed by atoms with Gasteiger partial charge in [-0.2, -0.15) is 0 Å². The van der Waals surface area contributed by atoms with Crippen molar-refractivity contribution in [2.45, 2.75) is 37.2 Å². The molecular formula is C12H21BrSi2. The first-order valence-electron chi connectivity index (χ1n) is 5.46. The van der Waals surface area contributed by atoms with Gasteiger partial charge in [0.15, 0.2) is 0 Å². The van der Waals surface area contributed by atoms with Gasteiger partial charge in [0.2, 0.25) is 0 Å². The molecule has 15 heavy (non-hydrogen) atoms. The summed E-state index contributed by atoms with van der Waals surface area (Å²) in [6.45, 7) is 12.5. The van der Waals surface area contributed by atoms with Crippen LogP contribution < -0.4 is 0 Å². The summed E-state index contributed by atoms with van der Waals surface area (Å²) in [5, 5.41) is 0. The van der Waals surface area contributed by atoms with Gasteiger partial charge in [0, 0.05) is 12.0 Å². The zero-order chi connectivity index (χ0) is 11.7. The van der Waals surface area contributed by atoms with Gasteiger partial charge in [-0.25, -0.2) is 0 Å². The minimum Gasteiger partial charge on any atom is -0.0877 e. The second-order valence-corrected chi connectivity index (χ2v) is 24.4. The minimum absolute atomic E-state index is 0.595. The largest absolute Gasteiger partial charge is 0.0877 e. The highest BCUT2D eigenvalue weighted by molar-refractivity contribution is 9.10. The molecule has 1 rings (SSSR count). The maximum Gasteiger partial charge on any atom is 0.0619 e. The first-order valence-corrected chi connectivity index (χ1v) is 13.9. The van der Waals surface area contributed by atoms with Crippen molar-refractivity contribution in [3.8, 4) is 0 Å². The van der Waals surface area contributed by atoms with Gasteiger partial charge in [-0.3, -0.25) is 0 Å². The van der Waals surface area contributed by atoms with Crippen molar-refractivity contribution in [1.82, 2.24) is 0 Å². The minimum atomic E-state index is -1.19. The third-order valence-electron chi connectivity index (χ3n) is 3.66. The van der Waals surface area contributed by atoms with E-state index in [1.165, 1.54) is 5.56 Å². The van der Waals surface area contributed by atoms with Crippen LogP contribution in [0.3, 0.4) is 0 Å². The summed E-state index contributed by atoms with van der Waals surface area (Å²) in [5.41, 5.74) is 1.46. The highest BCUT2D eigenvalue weighted by Crippen LogP contribution is 2.38. The highest BCUT2D eigenvalue weighted by Gasteiger charge is 2.42. The van der Waals surface area contributed by atoms with Crippen molar-refractivity contribution in [1.29, 1.82) is 0 Å². The van der Waals surface area contributed by atoms with Crippen LogP contribution in [0, 0.1) is 0 Å². The van der Waals surface area contributed by atoms with Gasteiger partial charge in [0.05, 0.1) is 7.59 Å². The Balaban J connectivity index is 3.00. The van der Waals surface area contributed by atoms with E-state index < -0.39 is 15.2 Å². The molecule has 1 aromatic carbocycles. The topological polar surface area (TPSA) is 0 Å². The highest BCUT2D eigenvalue weighted by atomic mass is 79.9. The summed E-state index contributed by atoms with van der Waals surface area (Å²) in [7, 11) is -2.23. The third-order valence-corrected chi connectivity index (χ3v) is 26.8. The fraction of sp³-hybridized carbons (Fsp3) is 0.500. The summed E-state index contributed by atoms with van der Waals surface area (Å²) in [6, 6.07) is 10.9. The smallest absolute Gasteiger partial charge is 0.0619 e. The fourth-order valence-electron chi connectivity index (χ4n) is 1.42. The molecule has 0 spiro atoms. The Kier molecular flexibility index (Phi) is 4.01. The third kappa shape index (κ3) is 2.83. The zero-order valence-electron chi connectivity index (χ0n) is 10.3. The van der Waals surface area contributed by atoms with Gasteiger partial charge in [0.1, 0.15) is 0 Å². The molecule has 0 amide bonds. The lowest BCUT2D eigenvalue weighted by Crippen LogP contribution is -2.55. The Morgan fingerprint density at radius 1 is 0.933 bits per heavy atom. The number of rotatable bonds is 3. The molecule has 0 aliphatic rings. The van der Waals surface area contributed by atoms with Crippen molar-refractivity contribution >= 4 is 31.1 Å². The van der Waals surface area contributed by atoms with Crippen LogP contribution in [0.4, 0.5) is 0 Å². The zero-order valence-corrected chi connectivity index (χ0v) is 13.9. The van der Waals surface area contributed by atoms with Crippen LogP contribution in [-0.2, 0) is 0 Å². The molecule has 3 heteroatoms. The normalized spacial score (nSPS) is 15.1. The molecule has 0 fully saturated rings. The Morgan fingerprint density at radius 2 is 1.40 bits per heavy atom. The van der Waals surface area contributed by atoms with E-state index in [1.54, 1.807) is 0 Å². The second kappa shape index (κ2) is 4.56. The predicted octanol–water partition coefficient (Wildman–Crippen LogP) is 4.79. The van der Waals surface area contributed by atoms with Gasteiger partial charge in [-0.15, -0.1) is 0 Å². The lowest BCUT2D eigenvalue weighted by Gasteiger charge is -2.39. The monoisotopic (exact) mass is 300 g/mol. The summed E-state index contributed by atoms with van der Waals surface area (Å²) in [6.07, 6.45) is 0. The Labute approximate surface area is 104 Å². The average Bonchev–Trinajstić information content (AvgIpc) is 2.16. The molecule has 84 valence electrons. The maximum absolute atomic E-state index is 3.94. The molecule has 0 aliphatic carbocycles. The molecule has 0 bridgehead atoms. The van der Waals surface area contributed by atoms with Crippen LogP contribution in [0.1, 0.15) is 10.0 Å². The van der Waals surface area contributed by atoms with Gasteiger partial charge in [0.25, 0.3) is 0 Å². The lowest BCUT2D eigenvalue weighted by molar-refractivity contribution is 1.31. The molecule has 0 saturated carbocycles. The number of alkyl halides is 1. The van der Waals surface area contributed by atoms with E-state index in [0.29, 0.717) is 4.45 Å². The quantitative estimate of drug-likeness (QED) is 0.556. The van der Waals surface area contributed by atoms with E-state index in [-0.39, 0.29) is 0 Å². The fourth-order valence-corrected chi connectivity index (χ4v) is 12.5. The summed E-state index contributed by atoms with van der Waals surface area (Å²) < 4.78 is 0.595. The first kappa shape index (κ1) is 13.2. The van der Waals surface area contributed by atoms with Crippen LogP contribution in [0.2, 0.25) is 32.7 Å². The lowest BCUT2D eigenvalue weighted by atomic mass is 10.2. The molecular weight excluding hydrogens is 280 g/mol. The van der Waals surface area contributed by atoms with Crippen molar-refractivity contribution in [2.75, 3.05) is 0 Å². The maximum atomic E-state index is 3.94. The molecule has 0 radical (unpaired) electrons. The molecule has 1 atom stereocenters. The van der Waals surface area contributed by atoms with E-state index in [0.717, 1.165) is 0 Å². The predicted molar refractivity (Wildman–Crippen MR) is 78.9 cm³/mol. The SMILES string of the molecule is C[Si](C)(C)[Si](C)(C)C(Br)c1ccccc1. The summed E-state index contributed by atoms with van der Waals surface area (Å²) >= 11 is 3.94. The molecule has 0 nitrogen and oxygen atoms in total. The number of hydrogen-bond acceptors (Lipinski definition) is 0. The van der Waals surface area contributed by atoms with Crippen LogP contribution in [0.25, 0.3) is 0 Å². The van der Waals surface area contributed by atoms with Crippen LogP contribution in [0.15, 0.2) is 30.3 Å². The molecule has 0 heterocycles. The van der Waals surface area contributed by atoms with Crippen molar-refractivity contribution < 1.29 is 0 Å². The van der Waals surface area contributed by atoms with Crippen LogP contribution >= 0.6 is 15.9 Å². The summed E-state index contributed by atoms with van der Waals surface area (Å²) in [5.74, 6) is 0. The number of halogens is 1. The Bertz CT molecular complexity index is 314. The van der Waals surface area contributed by atoms with Gasteiger partial charge in [-0.1, -0.05) is 79.0 Å². The van der Waals surface area contributed by atoms with E-state index in [1.807, 2.05) is 0 Å². The van der Waals surface area contributed by atoms with E-state index >= 15 is 0 Å². The van der Waals surface area contributed by atoms with Gasteiger partial charge < -0.3 is 0 Å². The van der Waals surface area contributed by atoms with Gasteiger partial charge >= 0.3 is 0 Å². The van der Waals surface area contributed by atoms with Crippen molar-refractivity contribution in [2.24, 2.45) is 0 Å². The molecule has 0 N–H and O–H groups in total. The number of benzene rings is 1. The standard InChI is InChI=1S/C12H21BrSi2/c1-14(2,3)15(4,5)12(13)11-9-7-6-8-10-11/h6-10,12H,1-5H3. The number of hydrogen-bond donors (Lipinski definition) is 0. The van der Waals surface area contributed by atoms with Crippen LogP contribution in [-0.4, -0.2) is 15.2 Å². The average molecular weight is 301 g/mol. The van der Waals surface area contributed by atoms with E-state index in [4.69, 9.17) is 0 Å². The molecule has 0 saturated heterocycles. The molecule has 0 aliphatic heterocycles. The Morgan fingerprint density at radius 3 is 1.80 bits per heavy atom. The first-order chi connectivity index (χ1) is 6.77. The molecule has 1 unspecified atom stereocenters. The molecule has 1 aromatic rings. The Hall–Kier alpha value is 0.134.